The Bertz CT molecular complexity index is 706. The molecule has 7 nitrogen and oxygen atoms in total. The van der Waals surface area contributed by atoms with Crippen molar-refractivity contribution in [3.8, 4) is 0 Å². The first-order chi connectivity index (χ1) is 11.1. The number of hydrogen-bond donors (Lipinski definition) is 2. The van der Waals surface area contributed by atoms with Crippen LogP contribution in [-0.2, 0) is 20.9 Å². The van der Waals surface area contributed by atoms with Crippen molar-refractivity contribution in [1.82, 2.24) is 15.1 Å². The molecule has 1 aromatic carbocycles. The zero-order valence-electron chi connectivity index (χ0n) is 12.6. The fraction of sp³-hybridized carbons (Fsp3) is 0.438. The molecule has 1 aliphatic rings. The Balaban J connectivity index is 1.68. The van der Waals surface area contributed by atoms with Crippen molar-refractivity contribution < 1.29 is 19.4 Å². The smallest absolute Gasteiger partial charge is 0.326 e. The summed E-state index contributed by atoms with van der Waals surface area (Å²) in [5.41, 5.74) is 0.843. The van der Waals surface area contributed by atoms with E-state index in [9.17, 15) is 14.7 Å². The van der Waals surface area contributed by atoms with Gasteiger partial charge < -0.3 is 15.2 Å². The highest BCUT2D eigenvalue weighted by molar-refractivity contribution is 5.85. The van der Waals surface area contributed by atoms with Gasteiger partial charge in [0.1, 0.15) is 12.6 Å². The molecule has 0 radical (unpaired) electrons. The molecule has 0 bridgehead atoms. The molecule has 1 amide bonds. The van der Waals surface area contributed by atoms with Crippen LogP contribution in [-0.4, -0.2) is 46.0 Å². The molecule has 1 aromatic heterocycles. The quantitative estimate of drug-likeness (QED) is 0.859. The molecule has 2 unspecified atom stereocenters. The third kappa shape index (κ3) is 3.50. The van der Waals surface area contributed by atoms with Gasteiger partial charge in [-0.3, -0.25) is 9.48 Å². The normalized spacial score (nSPS) is 19.4. The van der Waals surface area contributed by atoms with E-state index in [1.807, 2.05) is 24.3 Å². The minimum atomic E-state index is -1.03. The second kappa shape index (κ2) is 6.78. The number of fused-ring (bicyclic) bond motifs is 1. The number of nitrogens with zero attached hydrogens (tertiary/aromatic N) is 2. The van der Waals surface area contributed by atoms with Gasteiger partial charge in [-0.05, 0) is 18.9 Å². The molecule has 2 atom stereocenters. The highest BCUT2D eigenvalue weighted by atomic mass is 16.5. The van der Waals surface area contributed by atoms with Gasteiger partial charge in [-0.2, -0.15) is 5.10 Å². The number of carbonyl (C=O) groups excluding carboxylic acids is 1. The lowest BCUT2D eigenvalue weighted by Crippen LogP contribution is -2.49. The average Bonchev–Trinajstić information content (AvgIpc) is 2.96. The first-order valence-corrected chi connectivity index (χ1v) is 7.65. The molecule has 2 heterocycles. The SMILES string of the molecule is O=C(Cn1ncc2ccccc21)NC(C(=O)O)C1CCCOC1. The van der Waals surface area contributed by atoms with Gasteiger partial charge in [0.2, 0.25) is 5.91 Å². The number of ether oxygens (including phenoxy) is 1. The number of para-hydroxylation sites is 1. The largest absolute Gasteiger partial charge is 0.480 e. The van der Waals surface area contributed by atoms with E-state index < -0.39 is 12.0 Å². The molecule has 0 spiro atoms. The topological polar surface area (TPSA) is 93.5 Å². The number of hydrogen-bond acceptors (Lipinski definition) is 4. The number of aliphatic carboxylic acids is 1. The van der Waals surface area contributed by atoms with Gasteiger partial charge in [-0.25, -0.2) is 4.79 Å². The number of benzene rings is 1. The van der Waals surface area contributed by atoms with Crippen LogP contribution in [0.4, 0.5) is 0 Å². The highest BCUT2D eigenvalue weighted by Gasteiger charge is 2.31. The molecule has 1 aliphatic heterocycles. The lowest BCUT2D eigenvalue weighted by Gasteiger charge is -2.28. The monoisotopic (exact) mass is 317 g/mol. The fourth-order valence-electron chi connectivity index (χ4n) is 2.92. The molecular weight excluding hydrogens is 298 g/mol. The van der Waals surface area contributed by atoms with Gasteiger partial charge in [-0.1, -0.05) is 18.2 Å². The molecule has 23 heavy (non-hydrogen) atoms. The summed E-state index contributed by atoms with van der Waals surface area (Å²) in [6, 6.07) is 6.63. The Kier molecular flexibility index (Phi) is 4.57. The maximum Gasteiger partial charge on any atom is 0.326 e. The number of aromatic nitrogens is 2. The van der Waals surface area contributed by atoms with Gasteiger partial charge in [0.15, 0.2) is 0 Å². The first kappa shape index (κ1) is 15.5. The van der Waals surface area contributed by atoms with E-state index in [-0.39, 0.29) is 18.4 Å². The van der Waals surface area contributed by atoms with Crippen molar-refractivity contribution in [2.45, 2.75) is 25.4 Å². The number of carboxylic acid groups (broad SMARTS) is 1. The molecule has 2 aromatic rings. The summed E-state index contributed by atoms with van der Waals surface area (Å²) >= 11 is 0. The van der Waals surface area contributed by atoms with Crippen LogP contribution in [0.15, 0.2) is 30.5 Å². The third-order valence-corrected chi connectivity index (χ3v) is 4.09. The van der Waals surface area contributed by atoms with E-state index in [0.29, 0.717) is 13.2 Å². The predicted molar refractivity (Wildman–Crippen MR) is 82.8 cm³/mol. The zero-order valence-corrected chi connectivity index (χ0v) is 12.6. The summed E-state index contributed by atoms with van der Waals surface area (Å²) in [4.78, 5) is 23.7. The van der Waals surface area contributed by atoms with Gasteiger partial charge in [-0.15, -0.1) is 0 Å². The summed E-state index contributed by atoms with van der Waals surface area (Å²) in [6.07, 6.45) is 3.24. The number of carboxylic acids is 1. The van der Waals surface area contributed by atoms with Crippen molar-refractivity contribution in [3.05, 3.63) is 30.5 Å². The van der Waals surface area contributed by atoms with Crippen LogP contribution in [0.5, 0.6) is 0 Å². The van der Waals surface area contributed by atoms with Crippen molar-refractivity contribution in [2.24, 2.45) is 5.92 Å². The van der Waals surface area contributed by atoms with E-state index in [4.69, 9.17) is 4.74 Å². The van der Waals surface area contributed by atoms with Crippen molar-refractivity contribution >= 4 is 22.8 Å². The van der Waals surface area contributed by atoms with Crippen LogP contribution in [0.25, 0.3) is 10.9 Å². The van der Waals surface area contributed by atoms with Gasteiger partial charge in [0, 0.05) is 17.9 Å². The summed E-state index contributed by atoms with van der Waals surface area (Å²) < 4.78 is 6.90. The lowest BCUT2D eigenvalue weighted by atomic mass is 9.93. The standard InChI is InChI=1S/C16H19N3O4/c20-14(9-19-13-6-2-1-4-11(13)8-17-19)18-15(16(21)22)12-5-3-7-23-10-12/h1-2,4,6,8,12,15H,3,5,7,9-10H2,(H,18,20)(H,21,22). The second-order valence-corrected chi connectivity index (χ2v) is 5.72. The number of nitrogens with one attached hydrogen (secondary N) is 1. The second-order valence-electron chi connectivity index (χ2n) is 5.72. The summed E-state index contributed by atoms with van der Waals surface area (Å²) in [6.45, 7) is 1.00. The molecular formula is C16H19N3O4. The molecule has 0 aliphatic carbocycles. The van der Waals surface area contributed by atoms with E-state index in [1.54, 1.807) is 10.9 Å². The fourth-order valence-corrected chi connectivity index (χ4v) is 2.92. The summed E-state index contributed by atoms with van der Waals surface area (Å²) in [7, 11) is 0. The van der Waals surface area contributed by atoms with Gasteiger partial charge >= 0.3 is 5.97 Å². The first-order valence-electron chi connectivity index (χ1n) is 7.65. The molecule has 7 heteroatoms. The Labute approximate surface area is 133 Å². The van der Waals surface area contributed by atoms with Crippen molar-refractivity contribution in [1.29, 1.82) is 0 Å². The molecule has 0 saturated carbocycles. The maximum absolute atomic E-state index is 12.2. The van der Waals surface area contributed by atoms with Gasteiger partial charge in [0.05, 0.1) is 18.3 Å². The number of amides is 1. The van der Waals surface area contributed by atoms with Crippen LogP contribution in [0.3, 0.4) is 0 Å². The third-order valence-electron chi connectivity index (χ3n) is 4.09. The summed E-state index contributed by atoms with van der Waals surface area (Å²) in [5.74, 6) is -1.59. The van der Waals surface area contributed by atoms with Gasteiger partial charge in [0.25, 0.3) is 0 Å². The van der Waals surface area contributed by atoms with Crippen LogP contribution >= 0.6 is 0 Å². The summed E-state index contributed by atoms with van der Waals surface area (Å²) in [5, 5.41) is 17.1. The number of rotatable bonds is 5. The minimum Gasteiger partial charge on any atom is -0.480 e. The Morgan fingerprint density at radius 1 is 1.43 bits per heavy atom. The van der Waals surface area contributed by atoms with E-state index in [1.165, 1.54) is 0 Å². The van der Waals surface area contributed by atoms with Crippen LogP contribution in [0, 0.1) is 5.92 Å². The van der Waals surface area contributed by atoms with Crippen LogP contribution in [0.2, 0.25) is 0 Å². The minimum absolute atomic E-state index is 0.00906. The average molecular weight is 317 g/mol. The Morgan fingerprint density at radius 3 is 3.00 bits per heavy atom. The van der Waals surface area contributed by atoms with E-state index >= 15 is 0 Å². The van der Waals surface area contributed by atoms with Crippen molar-refractivity contribution in [3.63, 3.8) is 0 Å². The highest BCUT2D eigenvalue weighted by Crippen LogP contribution is 2.18. The zero-order chi connectivity index (χ0) is 16.2. The van der Waals surface area contributed by atoms with E-state index in [0.717, 1.165) is 23.7 Å². The molecule has 2 N–H and O–H groups in total. The van der Waals surface area contributed by atoms with Crippen molar-refractivity contribution in [2.75, 3.05) is 13.2 Å². The Hall–Kier alpha value is -2.41. The molecule has 3 rings (SSSR count). The molecule has 1 saturated heterocycles. The maximum atomic E-state index is 12.2. The lowest BCUT2D eigenvalue weighted by molar-refractivity contribution is -0.145. The van der Waals surface area contributed by atoms with E-state index in [2.05, 4.69) is 10.4 Å². The predicted octanol–water partition coefficient (Wildman–Crippen LogP) is 1.03. The van der Waals surface area contributed by atoms with Crippen LogP contribution in [0.1, 0.15) is 12.8 Å². The number of carbonyl (C=O) groups is 2. The Morgan fingerprint density at radius 2 is 2.26 bits per heavy atom. The molecule has 1 fully saturated rings. The molecule has 122 valence electrons. The van der Waals surface area contributed by atoms with Crippen LogP contribution < -0.4 is 5.32 Å².